The molecule has 82 valence electrons. The Balaban J connectivity index is 2.04. The van der Waals surface area contributed by atoms with Crippen molar-refractivity contribution < 1.29 is 14.5 Å². The molecule has 1 aliphatic rings. The van der Waals surface area contributed by atoms with Gasteiger partial charge in [-0.1, -0.05) is 0 Å². The number of H-pyrrole nitrogens is 1. The Hall–Kier alpha value is -1.16. The van der Waals surface area contributed by atoms with Crippen LogP contribution in [0.4, 0.5) is 0 Å². The molecule has 4 nitrogen and oxygen atoms in total. The van der Waals surface area contributed by atoms with E-state index in [1.165, 1.54) is 0 Å². The van der Waals surface area contributed by atoms with Crippen molar-refractivity contribution in [1.82, 2.24) is 4.98 Å². The van der Waals surface area contributed by atoms with E-state index in [9.17, 15) is 9.90 Å². The summed E-state index contributed by atoms with van der Waals surface area (Å²) in [6.07, 6.45) is 8.06. The van der Waals surface area contributed by atoms with Crippen LogP contribution < -0.4 is 4.57 Å². The van der Waals surface area contributed by atoms with Crippen LogP contribution in [0.25, 0.3) is 0 Å². The number of aromatic amines is 1. The number of hydrogen-bond acceptors (Lipinski definition) is 2. The summed E-state index contributed by atoms with van der Waals surface area (Å²) in [5, 5.41) is 9.82. The number of aliphatic hydroxyl groups is 1. The van der Waals surface area contributed by atoms with Gasteiger partial charge in [-0.05, 0) is 32.6 Å². The molecule has 0 saturated heterocycles. The maximum absolute atomic E-state index is 10.5. The zero-order valence-electron chi connectivity index (χ0n) is 8.94. The van der Waals surface area contributed by atoms with E-state index in [0.717, 1.165) is 32.0 Å². The van der Waals surface area contributed by atoms with Gasteiger partial charge in [0, 0.05) is 0 Å². The SMILES string of the molecule is CC1(O)CCC([n+]2c[nH]c(C=O)c2)CC1. The standard InChI is InChI=1S/C11H16N2O2/c1-11(15)4-2-10(3-5-11)13-6-9(7-14)12-8-13/h6-8,10,15H,2-5H2,1H3/p+1. The van der Waals surface area contributed by atoms with Gasteiger partial charge in [0.25, 0.3) is 0 Å². The van der Waals surface area contributed by atoms with E-state index >= 15 is 0 Å². The van der Waals surface area contributed by atoms with Crippen molar-refractivity contribution in [1.29, 1.82) is 0 Å². The van der Waals surface area contributed by atoms with E-state index in [1.807, 2.05) is 24.0 Å². The molecule has 1 saturated carbocycles. The van der Waals surface area contributed by atoms with Crippen LogP contribution in [0.1, 0.15) is 49.1 Å². The topological polar surface area (TPSA) is 57.0 Å². The highest BCUT2D eigenvalue weighted by Gasteiger charge is 2.31. The van der Waals surface area contributed by atoms with Gasteiger partial charge >= 0.3 is 0 Å². The number of nitrogens with one attached hydrogen (secondary N) is 1. The molecule has 1 aliphatic carbocycles. The Morgan fingerprint density at radius 1 is 1.60 bits per heavy atom. The van der Waals surface area contributed by atoms with Gasteiger partial charge in [0.15, 0.2) is 6.29 Å². The third-order valence-corrected chi connectivity index (χ3v) is 3.25. The zero-order valence-corrected chi connectivity index (χ0v) is 8.94. The Morgan fingerprint density at radius 3 is 2.80 bits per heavy atom. The number of rotatable bonds is 2. The lowest BCUT2D eigenvalue weighted by Gasteiger charge is -2.31. The smallest absolute Gasteiger partial charge is 0.242 e. The Kier molecular flexibility index (Phi) is 2.61. The van der Waals surface area contributed by atoms with E-state index in [1.54, 1.807) is 0 Å². The van der Waals surface area contributed by atoms with Crippen LogP contribution >= 0.6 is 0 Å². The van der Waals surface area contributed by atoms with Crippen LogP contribution in [0.2, 0.25) is 0 Å². The lowest BCUT2D eigenvalue weighted by atomic mass is 9.83. The molecule has 1 fully saturated rings. The molecule has 0 atom stereocenters. The molecule has 2 rings (SSSR count). The lowest BCUT2D eigenvalue weighted by Crippen LogP contribution is -2.43. The summed E-state index contributed by atoms with van der Waals surface area (Å²) in [5.41, 5.74) is 0.105. The highest BCUT2D eigenvalue weighted by atomic mass is 16.3. The van der Waals surface area contributed by atoms with E-state index in [4.69, 9.17) is 0 Å². The Bertz CT molecular complexity index is 347. The first-order valence-electron chi connectivity index (χ1n) is 5.37. The summed E-state index contributed by atoms with van der Waals surface area (Å²) in [7, 11) is 0. The van der Waals surface area contributed by atoms with Gasteiger partial charge in [0.2, 0.25) is 12.0 Å². The van der Waals surface area contributed by atoms with Crippen molar-refractivity contribution in [2.45, 2.75) is 44.2 Å². The molecule has 0 unspecified atom stereocenters. The van der Waals surface area contributed by atoms with Gasteiger partial charge < -0.3 is 5.11 Å². The molecular formula is C11H17N2O2+. The van der Waals surface area contributed by atoms with Crippen LogP contribution in [0.5, 0.6) is 0 Å². The zero-order chi connectivity index (χ0) is 10.9. The summed E-state index contributed by atoms with van der Waals surface area (Å²) in [6.45, 7) is 1.89. The summed E-state index contributed by atoms with van der Waals surface area (Å²) in [4.78, 5) is 13.4. The number of hydrogen-bond donors (Lipinski definition) is 2. The molecule has 0 aliphatic heterocycles. The van der Waals surface area contributed by atoms with Crippen LogP contribution in [-0.2, 0) is 0 Å². The van der Waals surface area contributed by atoms with Crippen LogP contribution in [0, 0.1) is 0 Å². The molecule has 1 aromatic rings. The molecule has 0 spiro atoms. The number of imidazole rings is 1. The number of aldehydes is 1. The van der Waals surface area contributed by atoms with E-state index < -0.39 is 5.60 Å². The van der Waals surface area contributed by atoms with Gasteiger partial charge in [0.05, 0.1) is 5.60 Å². The maximum atomic E-state index is 10.5. The van der Waals surface area contributed by atoms with Crippen molar-refractivity contribution in [2.75, 3.05) is 0 Å². The summed E-state index contributed by atoms with van der Waals surface area (Å²) >= 11 is 0. The van der Waals surface area contributed by atoms with E-state index in [2.05, 4.69) is 4.98 Å². The Labute approximate surface area is 88.9 Å². The lowest BCUT2D eigenvalue weighted by molar-refractivity contribution is -0.725. The molecule has 15 heavy (non-hydrogen) atoms. The first-order valence-corrected chi connectivity index (χ1v) is 5.37. The number of carbonyl (C=O) groups excluding carboxylic acids is 1. The minimum Gasteiger partial charge on any atom is -0.390 e. The summed E-state index contributed by atoms with van der Waals surface area (Å²) in [6, 6.07) is 0.412. The van der Waals surface area contributed by atoms with Crippen molar-refractivity contribution in [3.8, 4) is 0 Å². The molecule has 0 aromatic carbocycles. The van der Waals surface area contributed by atoms with Crippen LogP contribution in [0.3, 0.4) is 0 Å². The second kappa shape index (κ2) is 3.77. The molecule has 0 radical (unpaired) electrons. The van der Waals surface area contributed by atoms with Gasteiger partial charge in [-0.25, -0.2) is 9.55 Å². The quantitative estimate of drug-likeness (QED) is 0.563. The fraction of sp³-hybridized carbons (Fsp3) is 0.636. The second-order valence-electron chi connectivity index (χ2n) is 4.65. The molecule has 2 N–H and O–H groups in total. The molecule has 4 heteroatoms. The van der Waals surface area contributed by atoms with Crippen LogP contribution in [0.15, 0.2) is 12.5 Å². The highest BCUT2D eigenvalue weighted by Crippen LogP contribution is 2.31. The fourth-order valence-corrected chi connectivity index (χ4v) is 2.18. The highest BCUT2D eigenvalue weighted by molar-refractivity contribution is 5.70. The number of nitrogens with zero attached hydrogens (tertiary/aromatic N) is 1. The first-order chi connectivity index (χ1) is 7.11. The second-order valence-corrected chi connectivity index (χ2v) is 4.65. The fourth-order valence-electron chi connectivity index (χ4n) is 2.18. The molecular weight excluding hydrogens is 192 g/mol. The molecule has 0 amide bonds. The van der Waals surface area contributed by atoms with Crippen molar-refractivity contribution in [3.63, 3.8) is 0 Å². The third kappa shape index (κ3) is 2.26. The minimum absolute atomic E-state index is 0.412. The Morgan fingerprint density at radius 2 is 2.27 bits per heavy atom. The van der Waals surface area contributed by atoms with Crippen LogP contribution in [-0.4, -0.2) is 22.0 Å². The maximum Gasteiger partial charge on any atom is 0.242 e. The number of carbonyl (C=O) groups is 1. The van der Waals surface area contributed by atoms with Gasteiger partial charge in [-0.2, -0.15) is 0 Å². The van der Waals surface area contributed by atoms with Gasteiger partial charge in [0.1, 0.15) is 12.2 Å². The monoisotopic (exact) mass is 209 g/mol. The van der Waals surface area contributed by atoms with Gasteiger partial charge in [-0.3, -0.25) is 4.79 Å². The van der Waals surface area contributed by atoms with E-state index in [-0.39, 0.29) is 0 Å². The average Bonchev–Trinajstić information content (AvgIpc) is 2.66. The van der Waals surface area contributed by atoms with Crippen molar-refractivity contribution in [2.24, 2.45) is 0 Å². The van der Waals surface area contributed by atoms with Crippen molar-refractivity contribution >= 4 is 6.29 Å². The summed E-state index contributed by atoms with van der Waals surface area (Å²) in [5.74, 6) is 0. The molecule has 0 bridgehead atoms. The summed E-state index contributed by atoms with van der Waals surface area (Å²) < 4.78 is 2.04. The molecule has 1 heterocycles. The number of aromatic nitrogens is 2. The third-order valence-electron chi connectivity index (χ3n) is 3.25. The first kappa shape index (κ1) is 10.4. The van der Waals surface area contributed by atoms with Gasteiger partial charge in [-0.15, -0.1) is 0 Å². The molecule has 1 aromatic heterocycles. The average molecular weight is 209 g/mol. The predicted molar refractivity (Wildman–Crippen MR) is 54.5 cm³/mol. The largest absolute Gasteiger partial charge is 0.390 e. The van der Waals surface area contributed by atoms with Crippen molar-refractivity contribution in [3.05, 3.63) is 18.2 Å². The normalized spacial score (nSPS) is 31.5. The van der Waals surface area contributed by atoms with E-state index in [0.29, 0.717) is 11.7 Å². The minimum atomic E-state index is -0.499. The predicted octanol–water partition coefficient (Wildman–Crippen LogP) is 0.981.